The molecule has 3 aromatic rings. The Hall–Kier alpha value is -3.66. The van der Waals surface area contributed by atoms with Gasteiger partial charge in [-0.3, -0.25) is 9.52 Å². The number of halogens is 2. The Kier molecular flexibility index (Phi) is 7.83. The van der Waals surface area contributed by atoms with Crippen LogP contribution in [0.2, 0.25) is 0 Å². The lowest BCUT2D eigenvalue weighted by molar-refractivity contribution is -0.0504. The summed E-state index contributed by atoms with van der Waals surface area (Å²) < 4.78 is 62.5. The molecule has 3 rings (SSSR count). The SMILES string of the molecule is CCOc1ccc(NS(=O)(=O)c2ccc(C(=O)NCc3ccccc3OC(F)F)cc2)cc1. The van der Waals surface area contributed by atoms with Crippen LogP contribution in [0.3, 0.4) is 0 Å². The van der Waals surface area contributed by atoms with Gasteiger partial charge in [-0.05, 0) is 61.5 Å². The molecule has 0 unspecified atom stereocenters. The first-order valence-electron chi connectivity index (χ1n) is 9.95. The maximum atomic E-state index is 12.6. The van der Waals surface area contributed by atoms with Gasteiger partial charge in [0.25, 0.3) is 15.9 Å². The lowest BCUT2D eigenvalue weighted by Crippen LogP contribution is -2.23. The van der Waals surface area contributed by atoms with Crippen molar-refractivity contribution in [3.05, 3.63) is 83.9 Å². The lowest BCUT2D eigenvalue weighted by atomic mass is 10.2. The summed E-state index contributed by atoms with van der Waals surface area (Å²) in [5.41, 5.74) is 0.956. The third kappa shape index (κ3) is 6.66. The molecule has 2 N–H and O–H groups in total. The average Bonchev–Trinajstić information content (AvgIpc) is 2.79. The van der Waals surface area contributed by atoms with Crippen molar-refractivity contribution in [1.82, 2.24) is 5.32 Å². The zero-order valence-corrected chi connectivity index (χ0v) is 18.4. The molecular formula is C23H22F2N2O5S. The second-order valence-corrected chi connectivity index (χ2v) is 8.44. The van der Waals surface area contributed by atoms with Gasteiger partial charge in [0.15, 0.2) is 0 Å². The normalized spacial score (nSPS) is 11.2. The van der Waals surface area contributed by atoms with Crippen molar-refractivity contribution in [3.8, 4) is 11.5 Å². The number of alkyl halides is 2. The molecule has 0 saturated heterocycles. The van der Waals surface area contributed by atoms with E-state index in [2.05, 4.69) is 14.8 Å². The van der Waals surface area contributed by atoms with Gasteiger partial charge in [0.05, 0.1) is 11.5 Å². The van der Waals surface area contributed by atoms with Gasteiger partial charge in [-0.1, -0.05) is 18.2 Å². The van der Waals surface area contributed by atoms with Crippen LogP contribution in [0.15, 0.2) is 77.7 Å². The zero-order valence-electron chi connectivity index (χ0n) is 17.6. The number of rotatable bonds is 10. The molecule has 0 aromatic heterocycles. The molecule has 7 nitrogen and oxygen atoms in total. The van der Waals surface area contributed by atoms with Crippen LogP contribution in [-0.4, -0.2) is 27.5 Å². The molecule has 33 heavy (non-hydrogen) atoms. The van der Waals surface area contributed by atoms with Crippen LogP contribution in [-0.2, 0) is 16.6 Å². The van der Waals surface area contributed by atoms with Gasteiger partial charge in [-0.25, -0.2) is 8.42 Å². The van der Waals surface area contributed by atoms with Gasteiger partial charge in [0.2, 0.25) is 0 Å². The molecule has 0 atom stereocenters. The molecule has 174 valence electrons. The number of ether oxygens (including phenoxy) is 2. The zero-order chi connectivity index (χ0) is 23.8. The first-order chi connectivity index (χ1) is 15.8. The van der Waals surface area contributed by atoms with Gasteiger partial charge in [-0.2, -0.15) is 8.78 Å². The van der Waals surface area contributed by atoms with Gasteiger partial charge < -0.3 is 14.8 Å². The number of anilines is 1. The van der Waals surface area contributed by atoms with Crippen LogP contribution in [0.1, 0.15) is 22.8 Å². The minimum Gasteiger partial charge on any atom is -0.494 e. The number of carbonyl (C=O) groups excluding carboxylic acids is 1. The van der Waals surface area contributed by atoms with Crippen molar-refractivity contribution in [2.75, 3.05) is 11.3 Å². The molecule has 0 spiro atoms. The summed E-state index contributed by atoms with van der Waals surface area (Å²) in [6, 6.07) is 17.9. The third-order valence-electron chi connectivity index (χ3n) is 4.47. The van der Waals surface area contributed by atoms with Crippen molar-refractivity contribution in [2.45, 2.75) is 25.0 Å². The van der Waals surface area contributed by atoms with E-state index in [9.17, 15) is 22.0 Å². The monoisotopic (exact) mass is 476 g/mol. The second-order valence-electron chi connectivity index (χ2n) is 6.76. The second kappa shape index (κ2) is 10.8. The fraction of sp³-hybridized carbons (Fsp3) is 0.174. The quantitative estimate of drug-likeness (QED) is 0.452. The number of hydrogen-bond acceptors (Lipinski definition) is 5. The summed E-state index contributed by atoms with van der Waals surface area (Å²) in [6.45, 7) is -0.670. The summed E-state index contributed by atoms with van der Waals surface area (Å²) in [4.78, 5) is 12.4. The van der Waals surface area contributed by atoms with Gasteiger partial charge in [0, 0.05) is 23.4 Å². The van der Waals surface area contributed by atoms with Crippen LogP contribution in [0.5, 0.6) is 11.5 Å². The van der Waals surface area contributed by atoms with Gasteiger partial charge in [-0.15, -0.1) is 0 Å². The van der Waals surface area contributed by atoms with E-state index in [1.807, 2.05) is 6.92 Å². The topological polar surface area (TPSA) is 93.7 Å². The molecule has 0 radical (unpaired) electrons. The summed E-state index contributed by atoms with van der Waals surface area (Å²) in [5.74, 6) is 0.0964. The van der Waals surface area contributed by atoms with Crippen molar-refractivity contribution in [2.24, 2.45) is 0 Å². The smallest absolute Gasteiger partial charge is 0.387 e. The first kappa shape index (κ1) is 24.0. The molecule has 0 saturated carbocycles. The van der Waals surface area contributed by atoms with Crippen molar-refractivity contribution >= 4 is 21.6 Å². The van der Waals surface area contributed by atoms with E-state index in [0.717, 1.165) is 0 Å². The fourth-order valence-electron chi connectivity index (χ4n) is 2.92. The maximum absolute atomic E-state index is 12.6. The van der Waals surface area contributed by atoms with Crippen LogP contribution in [0.4, 0.5) is 14.5 Å². The summed E-state index contributed by atoms with van der Waals surface area (Å²) in [5, 5.41) is 2.60. The van der Waals surface area contributed by atoms with Gasteiger partial charge in [0.1, 0.15) is 11.5 Å². The molecule has 0 heterocycles. The molecule has 0 fully saturated rings. The van der Waals surface area contributed by atoms with Crippen molar-refractivity contribution in [3.63, 3.8) is 0 Å². The molecule has 3 aromatic carbocycles. The molecule has 0 aliphatic rings. The Morgan fingerprint density at radius 2 is 1.64 bits per heavy atom. The number of para-hydroxylation sites is 1. The van der Waals surface area contributed by atoms with Crippen molar-refractivity contribution in [1.29, 1.82) is 0 Å². The predicted octanol–water partition coefficient (Wildman–Crippen LogP) is 4.42. The lowest BCUT2D eigenvalue weighted by Gasteiger charge is -2.12. The van der Waals surface area contributed by atoms with E-state index in [0.29, 0.717) is 23.6 Å². The van der Waals surface area contributed by atoms with E-state index in [1.54, 1.807) is 42.5 Å². The third-order valence-corrected chi connectivity index (χ3v) is 5.87. The highest BCUT2D eigenvalue weighted by molar-refractivity contribution is 7.92. The number of benzene rings is 3. The van der Waals surface area contributed by atoms with Crippen LogP contribution >= 0.6 is 0 Å². The Balaban J connectivity index is 1.64. The van der Waals surface area contributed by atoms with E-state index in [4.69, 9.17) is 4.74 Å². The van der Waals surface area contributed by atoms with E-state index in [1.165, 1.54) is 30.3 Å². The summed E-state index contributed by atoms with van der Waals surface area (Å²) in [7, 11) is -3.86. The van der Waals surface area contributed by atoms with E-state index in [-0.39, 0.29) is 22.8 Å². The highest BCUT2D eigenvalue weighted by Crippen LogP contribution is 2.21. The number of amides is 1. The molecule has 10 heteroatoms. The predicted molar refractivity (Wildman–Crippen MR) is 119 cm³/mol. The standard InChI is InChI=1S/C23H22F2N2O5S/c1-2-31-19-11-9-18(10-12-19)27-33(29,30)20-13-7-16(8-14-20)22(28)26-15-17-5-3-4-6-21(17)32-23(24)25/h3-14,23,27H,2,15H2,1H3,(H,26,28). The number of carbonyl (C=O) groups is 1. The highest BCUT2D eigenvalue weighted by Gasteiger charge is 2.16. The Morgan fingerprint density at radius 1 is 0.970 bits per heavy atom. The number of sulfonamides is 1. The minimum absolute atomic E-state index is 0.0244. The largest absolute Gasteiger partial charge is 0.494 e. The molecule has 0 aliphatic heterocycles. The Bertz CT molecular complexity index is 1180. The van der Waals surface area contributed by atoms with E-state index >= 15 is 0 Å². The molecular weight excluding hydrogens is 454 g/mol. The molecule has 1 amide bonds. The van der Waals surface area contributed by atoms with Crippen LogP contribution in [0.25, 0.3) is 0 Å². The Morgan fingerprint density at radius 3 is 2.27 bits per heavy atom. The summed E-state index contributed by atoms with van der Waals surface area (Å²) >= 11 is 0. The Labute approximate surface area is 190 Å². The average molecular weight is 477 g/mol. The highest BCUT2D eigenvalue weighted by atomic mass is 32.2. The van der Waals surface area contributed by atoms with Crippen molar-refractivity contribution < 1.29 is 31.5 Å². The van der Waals surface area contributed by atoms with E-state index < -0.39 is 22.5 Å². The van der Waals surface area contributed by atoms with Crippen LogP contribution < -0.4 is 19.5 Å². The van der Waals surface area contributed by atoms with Gasteiger partial charge >= 0.3 is 6.61 Å². The summed E-state index contributed by atoms with van der Waals surface area (Å²) in [6.07, 6.45) is 0. The molecule has 0 aliphatic carbocycles. The fourth-order valence-corrected chi connectivity index (χ4v) is 3.98. The first-order valence-corrected chi connectivity index (χ1v) is 11.4. The van der Waals surface area contributed by atoms with Crippen LogP contribution in [0, 0.1) is 0 Å². The minimum atomic E-state index is -3.86. The molecule has 0 bridgehead atoms. The number of hydrogen-bond donors (Lipinski definition) is 2. The maximum Gasteiger partial charge on any atom is 0.387 e. The number of nitrogens with one attached hydrogen (secondary N) is 2.